The van der Waals surface area contributed by atoms with Gasteiger partial charge >= 0.3 is 0 Å². The number of methoxy groups -OCH3 is 1. The lowest BCUT2D eigenvalue weighted by atomic mass is 10.0. The van der Waals surface area contributed by atoms with Crippen LogP contribution in [-0.2, 0) is 18.9 Å². The van der Waals surface area contributed by atoms with Gasteiger partial charge in [-0.3, -0.25) is 14.2 Å². The first-order valence-corrected chi connectivity index (χ1v) is 11.3. The van der Waals surface area contributed by atoms with E-state index in [1.165, 1.54) is 21.9 Å². The molecule has 2 aromatic heterocycles. The molecule has 0 atom stereocenters. The second-order valence-electron chi connectivity index (χ2n) is 8.01. The van der Waals surface area contributed by atoms with Crippen LogP contribution in [0.15, 0.2) is 52.4 Å². The van der Waals surface area contributed by atoms with Crippen molar-refractivity contribution in [1.29, 1.82) is 0 Å². The van der Waals surface area contributed by atoms with Gasteiger partial charge in [-0.15, -0.1) is 0 Å². The normalized spacial score (nSPS) is 11.4. The molecule has 0 aliphatic heterocycles. The molecular formula is C24H26N4O3S. The number of carbonyl (C=O) groups is 1. The average molecular weight is 451 g/mol. The van der Waals surface area contributed by atoms with Crippen LogP contribution in [0.25, 0.3) is 21.9 Å². The number of rotatable bonds is 6. The lowest BCUT2D eigenvalue weighted by molar-refractivity contribution is -0.113. The van der Waals surface area contributed by atoms with E-state index in [-0.39, 0.29) is 17.2 Å². The molecule has 0 saturated carbocycles. The van der Waals surface area contributed by atoms with Crippen molar-refractivity contribution in [2.45, 2.75) is 24.9 Å². The number of amides is 1. The maximum absolute atomic E-state index is 13.1. The molecule has 0 fully saturated rings. The zero-order valence-electron chi connectivity index (χ0n) is 18.8. The van der Waals surface area contributed by atoms with Gasteiger partial charge in [0, 0.05) is 25.2 Å². The Labute approximate surface area is 190 Å². The first-order chi connectivity index (χ1) is 15.3. The zero-order valence-corrected chi connectivity index (χ0v) is 19.6. The van der Waals surface area contributed by atoms with Crippen LogP contribution in [0.4, 0.5) is 5.69 Å². The molecule has 0 unspecified atom stereocenters. The molecule has 166 valence electrons. The minimum Gasteiger partial charge on any atom is -0.497 e. The Hall–Kier alpha value is -3.26. The van der Waals surface area contributed by atoms with Crippen molar-refractivity contribution in [2.24, 2.45) is 14.1 Å². The van der Waals surface area contributed by atoms with Crippen LogP contribution in [0.5, 0.6) is 5.75 Å². The second kappa shape index (κ2) is 8.70. The number of aryl methyl sites for hydroxylation is 1. The summed E-state index contributed by atoms with van der Waals surface area (Å²) in [7, 11) is 5.14. The Morgan fingerprint density at radius 2 is 1.84 bits per heavy atom. The number of ether oxygens (including phenoxy) is 1. The molecule has 32 heavy (non-hydrogen) atoms. The molecule has 8 heteroatoms. The SMILES string of the molecule is COc1ccc2c(c1)c1nc(SCC(=O)Nc3ccc(C(C)C)cc3)n(C)c(=O)c1n2C. The number of nitrogens with one attached hydrogen (secondary N) is 1. The van der Waals surface area contributed by atoms with E-state index in [1.54, 1.807) is 14.2 Å². The highest BCUT2D eigenvalue weighted by Gasteiger charge is 2.18. The van der Waals surface area contributed by atoms with Crippen LogP contribution in [0.1, 0.15) is 25.3 Å². The van der Waals surface area contributed by atoms with Crippen LogP contribution in [0.3, 0.4) is 0 Å². The topological polar surface area (TPSA) is 78.2 Å². The first kappa shape index (κ1) is 22.0. The molecule has 4 aromatic rings. The van der Waals surface area contributed by atoms with Crippen molar-refractivity contribution in [1.82, 2.24) is 14.1 Å². The van der Waals surface area contributed by atoms with Crippen LogP contribution < -0.4 is 15.6 Å². The van der Waals surface area contributed by atoms with Gasteiger partial charge in [0.15, 0.2) is 5.16 Å². The fraction of sp³-hybridized carbons (Fsp3) is 0.292. The number of carbonyl (C=O) groups excluding carboxylic acids is 1. The van der Waals surface area contributed by atoms with E-state index in [0.29, 0.717) is 27.9 Å². The summed E-state index contributed by atoms with van der Waals surface area (Å²) in [5.74, 6) is 1.13. The minimum absolute atomic E-state index is 0.145. The average Bonchev–Trinajstić information content (AvgIpc) is 3.06. The predicted octanol–water partition coefficient (Wildman–Crippen LogP) is 4.29. The van der Waals surface area contributed by atoms with Crippen molar-refractivity contribution in [3.8, 4) is 5.75 Å². The Kier molecular flexibility index (Phi) is 5.97. The molecule has 0 bridgehead atoms. The molecule has 0 aliphatic rings. The van der Waals surface area contributed by atoms with Crippen molar-refractivity contribution >= 4 is 45.3 Å². The van der Waals surface area contributed by atoms with E-state index in [0.717, 1.165) is 16.6 Å². The summed E-state index contributed by atoms with van der Waals surface area (Å²) in [6, 6.07) is 13.5. The van der Waals surface area contributed by atoms with Gasteiger partial charge in [0.25, 0.3) is 5.56 Å². The smallest absolute Gasteiger partial charge is 0.278 e. The van der Waals surface area contributed by atoms with Crippen LogP contribution in [0.2, 0.25) is 0 Å². The van der Waals surface area contributed by atoms with Gasteiger partial charge in [0.05, 0.1) is 18.4 Å². The van der Waals surface area contributed by atoms with Gasteiger partial charge in [0.2, 0.25) is 5.91 Å². The van der Waals surface area contributed by atoms with Gasteiger partial charge in [0.1, 0.15) is 16.8 Å². The summed E-state index contributed by atoms with van der Waals surface area (Å²) in [6.07, 6.45) is 0. The van der Waals surface area contributed by atoms with Crippen molar-refractivity contribution in [2.75, 3.05) is 18.2 Å². The number of thioether (sulfide) groups is 1. The van der Waals surface area contributed by atoms with Gasteiger partial charge in [-0.2, -0.15) is 0 Å². The Bertz CT molecular complexity index is 1370. The highest BCUT2D eigenvalue weighted by atomic mass is 32.2. The lowest BCUT2D eigenvalue weighted by Gasteiger charge is -2.10. The van der Waals surface area contributed by atoms with E-state index in [2.05, 4.69) is 19.2 Å². The number of hydrogen-bond acceptors (Lipinski definition) is 5. The van der Waals surface area contributed by atoms with Crippen molar-refractivity contribution in [3.05, 3.63) is 58.4 Å². The number of benzene rings is 2. The van der Waals surface area contributed by atoms with Gasteiger partial charge in [-0.05, 0) is 41.8 Å². The van der Waals surface area contributed by atoms with E-state index >= 15 is 0 Å². The van der Waals surface area contributed by atoms with E-state index < -0.39 is 0 Å². The summed E-state index contributed by atoms with van der Waals surface area (Å²) < 4.78 is 8.68. The van der Waals surface area contributed by atoms with Crippen LogP contribution >= 0.6 is 11.8 Å². The zero-order chi connectivity index (χ0) is 23.0. The number of aromatic nitrogens is 3. The summed E-state index contributed by atoms with van der Waals surface area (Å²) in [5.41, 5.74) is 3.84. The molecule has 2 heterocycles. The van der Waals surface area contributed by atoms with Gasteiger partial charge < -0.3 is 14.6 Å². The number of nitrogens with zero attached hydrogens (tertiary/aromatic N) is 3. The monoisotopic (exact) mass is 450 g/mol. The van der Waals surface area contributed by atoms with Crippen LogP contribution in [0, 0.1) is 0 Å². The summed E-state index contributed by atoms with van der Waals surface area (Å²) >= 11 is 1.24. The maximum atomic E-state index is 13.1. The minimum atomic E-state index is -0.153. The highest BCUT2D eigenvalue weighted by Crippen LogP contribution is 2.29. The molecule has 0 radical (unpaired) electrons. The quantitative estimate of drug-likeness (QED) is 0.350. The van der Waals surface area contributed by atoms with Crippen LogP contribution in [-0.4, -0.2) is 32.9 Å². The highest BCUT2D eigenvalue weighted by molar-refractivity contribution is 7.99. The fourth-order valence-corrected chi connectivity index (χ4v) is 4.48. The number of anilines is 1. The summed E-state index contributed by atoms with van der Waals surface area (Å²) in [6.45, 7) is 4.26. The standard InChI is InChI=1S/C24H26N4O3S/c1-14(2)15-6-8-16(9-7-15)25-20(29)13-32-24-26-21-18-12-17(31-5)10-11-19(18)27(3)22(21)23(30)28(24)4/h6-12,14H,13H2,1-5H3,(H,25,29). The predicted molar refractivity (Wildman–Crippen MR) is 130 cm³/mol. The van der Waals surface area contributed by atoms with Crippen molar-refractivity contribution < 1.29 is 9.53 Å². The lowest BCUT2D eigenvalue weighted by Crippen LogP contribution is -2.22. The summed E-state index contributed by atoms with van der Waals surface area (Å²) in [5, 5.41) is 4.24. The fourth-order valence-electron chi connectivity index (χ4n) is 3.71. The molecular weight excluding hydrogens is 424 g/mol. The number of fused-ring (bicyclic) bond motifs is 3. The third-order valence-corrected chi connectivity index (χ3v) is 6.60. The van der Waals surface area contributed by atoms with E-state index in [9.17, 15) is 9.59 Å². The van der Waals surface area contributed by atoms with Gasteiger partial charge in [-0.1, -0.05) is 37.7 Å². The first-order valence-electron chi connectivity index (χ1n) is 10.4. The largest absolute Gasteiger partial charge is 0.497 e. The Morgan fingerprint density at radius 1 is 1.12 bits per heavy atom. The molecule has 7 nitrogen and oxygen atoms in total. The van der Waals surface area contributed by atoms with E-state index in [4.69, 9.17) is 9.72 Å². The third-order valence-electron chi connectivity index (χ3n) is 5.57. The third kappa shape index (κ3) is 3.98. The number of hydrogen-bond donors (Lipinski definition) is 1. The molecule has 1 N–H and O–H groups in total. The Balaban J connectivity index is 1.60. The van der Waals surface area contributed by atoms with Crippen molar-refractivity contribution in [3.63, 3.8) is 0 Å². The molecule has 2 aromatic carbocycles. The summed E-state index contributed by atoms with van der Waals surface area (Å²) in [4.78, 5) is 30.3. The molecule has 4 rings (SSSR count). The Morgan fingerprint density at radius 3 is 2.50 bits per heavy atom. The van der Waals surface area contributed by atoms with Gasteiger partial charge in [-0.25, -0.2) is 4.98 Å². The van der Waals surface area contributed by atoms with E-state index in [1.807, 2.05) is 54.1 Å². The molecule has 0 aliphatic carbocycles. The maximum Gasteiger partial charge on any atom is 0.278 e. The molecule has 1 amide bonds. The second-order valence-corrected chi connectivity index (χ2v) is 8.95. The molecule has 0 saturated heterocycles. The molecule has 0 spiro atoms.